The molecule has 2 fully saturated rings. The van der Waals surface area contributed by atoms with Crippen LogP contribution in [-0.4, -0.2) is 18.6 Å². The van der Waals surface area contributed by atoms with Gasteiger partial charge in [0.2, 0.25) is 0 Å². The van der Waals surface area contributed by atoms with Crippen LogP contribution in [0, 0.1) is 11.8 Å². The molecule has 6 rings (SSSR count). The Hall–Kier alpha value is -3.01. The lowest BCUT2D eigenvalue weighted by Crippen LogP contribution is -2.52. The van der Waals surface area contributed by atoms with Gasteiger partial charge in [-0.1, -0.05) is 42.5 Å². The molecular weight excluding hydrogens is 348 g/mol. The molecule has 1 saturated heterocycles. The Morgan fingerprint density at radius 1 is 1.14 bits per heavy atom. The van der Waals surface area contributed by atoms with Gasteiger partial charge in [0, 0.05) is 11.4 Å². The van der Waals surface area contributed by atoms with Crippen LogP contribution in [0.5, 0.6) is 5.75 Å². The first-order valence-corrected chi connectivity index (χ1v) is 9.90. The summed E-state index contributed by atoms with van der Waals surface area (Å²) >= 11 is 0. The van der Waals surface area contributed by atoms with E-state index in [0.29, 0.717) is 5.92 Å². The van der Waals surface area contributed by atoms with Crippen molar-refractivity contribution in [2.75, 3.05) is 12.4 Å². The monoisotopic (exact) mass is 370 g/mol. The van der Waals surface area contributed by atoms with Gasteiger partial charge in [-0.05, 0) is 60.1 Å². The van der Waals surface area contributed by atoms with Gasteiger partial charge in [0.25, 0.3) is 5.91 Å². The second kappa shape index (κ2) is 5.28. The van der Waals surface area contributed by atoms with E-state index in [1.165, 1.54) is 11.1 Å². The summed E-state index contributed by atoms with van der Waals surface area (Å²) in [6.07, 6.45) is 8.31. The Kier molecular flexibility index (Phi) is 3.02. The van der Waals surface area contributed by atoms with Crippen LogP contribution in [0.4, 0.5) is 5.69 Å². The van der Waals surface area contributed by atoms with Crippen molar-refractivity contribution in [3.05, 3.63) is 83.6 Å². The van der Waals surface area contributed by atoms with Gasteiger partial charge in [-0.3, -0.25) is 4.79 Å². The molecular formula is C24H22N2O2. The van der Waals surface area contributed by atoms with Crippen LogP contribution in [0.15, 0.2) is 72.5 Å². The number of nitrogens with one attached hydrogen (secondary N) is 2. The third-order valence-electron chi connectivity index (χ3n) is 7.25. The Balaban J connectivity index is 1.47. The Morgan fingerprint density at radius 3 is 2.79 bits per heavy atom. The molecule has 4 nitrogen and oxygen atoms in total. The quantitative estimate of drug-likeness (QED) is 0.869. The summed E-state index contributed by atoms with van der Waals surface area (Å²) in [5, 5.41) is 6.87. The second-order valence-electron chi connectivity index (χ2n) is 8.35. The summed E-state index contributed by atoms with van der Waals surface area (Å²) in [5.74, 6) is 1.66. The standard InChI is InChI=1S/C24H22N2O2/c1-28-17-11-9-15(10-12-17)13-16-14-23-22(27)25-21-8-4-6-18(16)24(21,23)19-5-2-3-7-20(19)26-23/h2-12,16,18,26H,13-14H2,1H3,(H,25,27)/t16-,18-,23+,24+/m0/s1. The molecule has 0 unspecified atom stereocenters. The van der Waals surface area contributed by atoms with Gasteiger partial charge in [-0.2, -0.15) is 0 Å². The zero-order valence-corrected chi connectivity index (χ0v) is 15.7. The highest BCUT2D eigenvalue weighted by Crippen LogP contribution is 2.68. The minimum atomic E-state index is -0.588. The first kappa shape index (κ1) is 16.0. The van der Waals surface area contributed by atoms with Crippen molar-refractivity contribution in [2.24, 2.45) is 11.8 Å². The van der Waals surface area contributed by atoms with Crippen molar-refractivity contribution in [1.29, 1.82) is 0 Å². The molecule has 0 radical (unpaired) electrons. The number of amides is 1. The van der Waals surface area contributed by atoms with Crippen molar-refractivity contribution in [3.63, 3.8) is 0 Å². The number of allylic oxidation sites excluding steroid dienone is 3. The maximum absolute atomic E-state index is 13.3. The van der Waals surface area contributed by atoms with Gasteiger partial charge in [0.15, 0.2) is 0 Å². The Morgan fingerprint density at radius 2 is 1.96 bits per heavy atom. The van der Waals surface area contributed by atoms with Gasteiger partial charge in [-0.25, -0.2) is 0 Å². The van der Waals surface area contributed by atoms with Crippen LogP contribution in [0.25, 0.3) is 0 Å². The number of benzene rings is 2. The number of para-hydroxylation sites is 1. The molecule has 2 aromatic rings. The number of hydrogen-bond donors (Lipinski definition) is 2. The first-order chi connectivity index (χ1) is 13.7. The normalized spacial score (nSPS) is 33.5. The average Bonchev–Trinajstić information content (AvgIpc) is 3.26. The number of fused-ring (bicyclic) bond motifs is 1. The third-order valence-corrected chi connectivity index (χ3v) is 7.25. The Labute approximate surface area is 164 Å². The maximum atomic E-state index is 13.3. The highest BCUT2D eigenvalue weighted by molar-refractivity contribution is 6.02. The van der Waals surface area contributed by atoms with E-state index >= 15 is 0 Å². The summed E-state index contributed by atoms with van der Waals surface area (Å²) in [7, 11) is 1.69. The number of carbonyl (C=O) groups excluding carboxylic acids is 1. The molecule has 1 saturated carbocycles. The molecule has 1 amide bonds. The van der Waals surface area contributed by atoms with E-state index in [1.807, 2.05) is 18.2 Å². The fourth-order valence-corrected chi connectivity index (χ4v) is 6.26. The topological polar surface area (TPSA) is 50.4 Å². The predicted octanol–water partition coefficient (Wildman–Crippen LogP) is 3.56. The van der Waals surface area contributed by atoms with Gasteiger partial charge >= 0.3 is 0 Å². The zero-order chi connectivity index (χ0) is 18.9. The lowest BCUT2D eigenvalue weighted by atomic mass is 9.63. The zero-order valence-electron chi connectivity index (χ0n) is 15.7. The van der Waals surface area contributed by atoms with Crippen molar-refractivity contribution in [2.45, 2.75) is 23.8 Å². The minimum absolute atomic E-state index is 0.112. The predicted molar refractivity (Wildman–Crippen MR) is 108 cm³/mol. The lowest BCUT2D eigenvalue weighted by Gasteiger charge is -2.38. The van der Waals surface area contributed by atoms with E-state index in [4.69, 9.17) is 4.74 Å². The third kappa shape index (κ3) is 1.69. The highest BCUT2D eigenvalue weighted by atomic mass is 16.5. The molecule has 2 aliphatic heterocycles. The van der Waals surface area contributed by atoms with E-state index in [1.54, 1.807) is 7.11 Å². The van der Waals surface area contributed by atoms with Gasteiger partial charge in [0.05, 0.1) is 12.5 Å². The van der Waals surface area contributed by atoms with Crippen LogP contribution in [0.2, 0.25) is 0 Å². The van der Waals surface area contributed by atoms with Crippen molar-refractivity contribution in [3.8, 4) is 5.75 Å². The van der Waals surface area contributed by atoms with Crippen molar-refractivity contribution >= 4 is 11.6 Å². The van der Waals surface area contributed by atoms with Crippen LogP contribution in [0.3, 0.4) is 0 Å². The first-order valence-electron chi connectivity index (χ1n) is 9.90. The number of carbonyl (C=O) groups is 1. The van der Waals surface area contributed by atoms with Gasteiger partial charge in [0.1, 0.15) is 11.3 Å². The summed E-state index contributed by atoms with van der Waals surface area (Å²) in [4.78, 5) is 13.3. The largest absolute Gasteiger partial charge is 0.497 e. The van der Waals surface area contributed by atoms with Crippen LogP contribution >= 0.6 is 0 Å². The highest BCUT2D eigenvalue weighted by Gasteiger charge is 2.76. The molecule has 4 atom stereocenters. The molecule has 0 aromatic heterocycles. The van der Waals surface area contributed by atoms with E-state index in [0.717, 1.165) is 30.0 Å². The summed E-state index contributed by atoms with van der Waals surface area (Å²) in [5.41, 5.74) is 3.80. The van der Waals surface area contributed by atoms with E-state index in [9.17, 15) is 4.79 Å². The molecule has 2 N–H and O–H groups in total. The fraction of sp³-hybridized carbons (Fsp3) is 0.292. The molecule has 2 heterocycles. The molecule has 2 aromatic carbocycles. The fourth-order valence-electron chi connectivity index (χ4n) is 6.26. The van der Waals surface area contributed by atoms with Crippen molar-refractivity contribution < 1.29 is 9.53 Å². The van der Waals surface area contributed by atoms with E-state index in [2.05, 4.69) is 59.2 Å². The lowest BCUT2D eigenvalue weighted by molar-refractivity contribution is -0.123. The molecule has 4 heteroatoms. The molecule has 1 spiro atoms. The number of hydrogen-bond acceptors (Lipinski definition) is 3. The van der Waals surface area contributed by atoms with E-state index in [-0.39, 0.29) is 17.2 Å². The summed E-state index contributed by atoms with van der Waals surface area (Å²) < 4.78 is 5.30. The second-order valence-corrected chi connectivity index (χ2v) is 8.35. The molecule has 28 heavy (non-hydrogen) atoms. The SMILES string of the molecule is COc1ccc(C[C@H]2C[C@]34Nc5ccccc5[C@]35C(=CC=C[C@@H]25)NC4=O)cc1. The van der Waals surface area contributed by atoms with Gasteiger partial charge in [-0.15, -0.1) is 0 Å². The minimum Gasteiger partial charge on any atom is -0.497 e. The number of anilines is 1. The summed E-state index contributed by atoms with van der Waals surface area (Å²) in [6, 6.07) is 16.8. The number of methoxy groups -OCH3 is 1. The average molecular weight is 370 g/mol. The van der Waals surface area contributed by atoms with Crippen LogP contribution in [0.1, 0.15) is 17.5 Å². The molecule has 0 bridgehead atoms. The van der Waals surface area contributed by atoms with Crippen LogP contribution in [-0.2, 0) is 16.6 Å². The van der Waals surface area contributed by atoms with Crippen molar-refractivity contribution in [1.82, 2.24) is 5.32 Å². The van der Waals surface area contributed by atoms with E-state index < -0.39 is 5.54 Å². The number of rotatable bonds is 3. The van der Waals surface area contributed by atoms with Gasteiger partial charge < -0.3 is 15.4 Å². The number of ether oxygens (including phenoxy) is 1. The smallest absolute Gasteiger partial charge is 0.251 e. The molecule has 4 aliphatic rings. The Bertz CT molecular complexity index is 1050. The molecule has 2 aliphatic carbocycles. The maximum Gasteiger partial charge on any atom is 0.251 e. The molecule has 140 valence electrons. The summed E-state index contributed by atoms with van der Waals surface area (Å²) in [6.45, 7) is 0. The van der Waals surface area contributed by atoms with Crippen LogP contribution < -0.4 is 15.4 Å².